The van der Waals surface area contributed by atoms with E-state index in [0.717, 1.165) is 35.1 Å². The predicted molar refractivity (Wildman–Crippen MR) is 99.2 cm³/mol. The molecule has 25 heavy (non-hydrogen) atoms. The number of hydrogen-bond donors (Lipinski definition) is 1. The lowest BCUT2D eigenvalue weighted by Crippen LogP contribution is -2.24. The number of pyridine rings is 1. The summed E-state index contributed by atoms with van der Waals surface area (Å²) in [6.07, 6.45) is 8.66. The van der Waals surface area contributed by atoms with Gasteiger partial charge in [0.2, 0.25) is 0 Å². The minimum Gasteiger partial charge on any atom is -0.386 e. The number of thioether (sulfide) groups is 1. The van der Waals surface area contributed by atoms with Crippen LogP contribution in [0, 0.1) is 0 Å². The Bertz CT molecular complexity index is 876. The molecule has 1 aliphatic rings. The summed E-state index contributed by atoms with van der Waals surface area (Å²) in [5.74, 6) is 0. The molecule has 130 valence electrons. The molecule has 4 rings (SSSR count). The summed E-state index contributed by atoms with van der Waals surface area (Å²) in [5, 5.41) is 15.7. The first kappa shape index (κ1) is 16.6. The van der Waals surface area contributed by atoms with E-state index in [1.54, 1.807) is 24.2 Å². The van der Waals surface area contributed by atoms with Crippen LogP contribution in [0.5, 0.6) is 0 Å². The normalized spacial score (nSPS) is 16.1. The third-order valence-electron chi connectivity index (χ3n) is 4.65. The zero-order valence-electron chi connectivity index (χ0n) is 14.1. The molecule has 0 amide bonds. The molecule has 1 fully saturated rings. The first-order chi connectivity index (χ1) is 12.2. The summed E-state index contributed by atoms with van der Waals surface area (Å²) >= 11 is 1.70. The van der Waals surface area contributed by atoms with Gasteiger partial charge in [0.15, 0.2) is 5.65 Å². The van der Waals surface area contributed by atoms with Crippen molar-refractivity contribution < 1.29 is 9.84 Å². The number of nitrogens with zero attached hydrogens (tertiary/aromatic N) is 3. The van der Waals surface area contributed by atoms with Crippen LogP contribution in [0.3, 0.4) is 0 Å². The number of rotatable bonds is 6. The number of aliphatic hydroxyl groups excluding tert-OH is 1. The molecule has 0 radical (unpaired) electrons. The Hall–Kier alpha value is -1.89. The van der Waals surface area contributed by atoms with E-state index in [0.29, 0.717) is 12.7 Å². The highest BCUT2D eigenvalue weighted by Gasteiger charge is 2.20. The number of fused-ring (bicyclic) bond motifs is 1. The highest BCUT2D eigenvalue weighted by atomic mass is 32.2. The molecule has 0 spiro atoms. The Balaban J connectivity index is 1.57. The highest BCUT2D eigenvalue weighted by molar-refractivity contribution is 7.98. The van der Waals surface area contributed by atoms with Gasteiger partial charge in [-0.15, -0.1) is 11.8 Å². The molecule has 1 aliphatic carbocycles. The van der Waals surface area contributed by atoms with Gasteiger partial charge in [0.05, 0.1) is 24.6 Å². The molecule has 1 aromatic carbocycles. The summed E-state index contributed by atoms with van der Waals surface area (Å²) in [6.45, 7) is 0.321. The Morgan fingerprint density at radius 1 is 1.32 bits per heavy atom. The zero-order chi connectivity index (χ0) is 17.2. The quantitative estimate of drug-likeness (QED) is 0.683. The number of hydrogen-bond acceptors (Lipinski definition) is 5. The molecule has 1 N–H and O–H groups in total. The maximum absolute atomic E-state index is 10.3. The lowest BCUT2D eigenvalue weighted by Gasteiger charge is -2.26. The van der Waals surface area contributed by atoms with Crippen LogP contribution in [0.15, 0.2) is 47.6 Å². The van der Waals surface area contributed by atoms with Crippen molar-refractivity contribution in [2.45, 2.75) is 36.4 Å². The fourth-order valence-corrected chi connectivity index (χ4v) is 3.37. The van der Waals surface area contributed by atoms with Gasteiger partial charge in [-0.1, -0.05) is 6.07 Å². The Morgan fingerprint density at radius 2 is 2.20 bits per heavy atom. The van der Waals surface area contributed by atoms with Crippen molar-refractivity contribution in [3.05, 3.63) is 48.3 Å². The second-order valence-corrected chi connectivity index (χ2v) is 7.22. The van der Waals surface area contributed by atoms with Crippen LogP contribution in [0.25, 0.3) is 16.7 Å². The van der Waals surface area contributed by atoms with E-state index in [2.05, 4.69) is 28.5 Å². The second kappa shape index (κ2) is 7.15. The molecular formula is C19H21N3O2S. The van der Waals surface area contributed by atoms with Crippen molar-refractivity contribution in [3.8, 4) is 5.69 Å². The van der Waals surface area contributed by atoms with Crippen molar-refractivity contribution >= 4 is 22.8 Å². The van der Waals surface area contributed by atoms with Crippen LogP contribution >= 0.6 is 11.8 Å². The first-order valence-electron chi connectivity index (χ1n) is 8.52. The van der Waals surface area contributed by atoms with Gasteiger partial charge < -0.3 is 9.84 Å². The van der Waals surface area contributed by atoms with Gasteiger partial charge in [0.25, 0.3) is 0 Å². The largest absolute Gasteiger partial charge is 0.386 e. The first-order valence-corrected chi connectivity index (χ1v) is 9.75. The van der Waals surface area contributed by atoms with Crippen molar-refractivity contribution in [1.82, 2.24) is 14.8 Å². The van der Waals surface area contributed by atoms with Gasteiger partial charge in [0.1, 0.15) is 6.10 Å². The number of ether oxygens (including phenoxy) is 1. The van der Waals surface area contributed by atoms with Crippen molar-refractivity contribution in [2.24, 2.45) is 0 Å². The van der Waals surface area contributed by atoms with Gasteiger partial charge in [0, 0.05) is 22.0 Å². The molecule has 1 atom stereocenters. The average Bonchev–Trinajstić information content (AvgIpc) is 3.03. The molecule has 6 heteroatoms. The van der Waals surface area contributed by atoms with E-state index in [-0.39, 0.29) is 0 Å². The molecule has 0 aliphatic heterocycles. The van der Waals surface area contributed by atoms with E-state index < -0.39 is 6.10 Å². The lowest BCUT2D eigenvalue weighted by molar-refractivity contribution is -0.0427. The Labute approximate surface area is 151 Å². The highest BCUT2D eigenvalue weighted by Crippen LogP contribution is 2.26. The minimum atomic E-state index is -0.652. The number of aliphatic hydroxyl groups is 1. The van der Waals surface area contributed by atoms with Gasteiger partial charge >= 0.3 is 0 Å². The van der Waals surface area contributed by atoms with Crippen LogP contribution in [-0.4, -0.2) is 38.8 Å². The van der Waals surface area contributed by atoms with Crippen molar-refractivity contribution in [3.63, 3.8) is 0 Å². The average molecular weight is 355 g/mol. The summed E-state index contributed by atoms with van der Waals surface area (Å²) in [5.41, 5.74) is 2.54. The maximum Gasteiger partial charge on any atom is 0.162 e. The third kappa shape index (κ3) is 3.42. The molecule has 3 aromatic rings. The molecule has 0 saturated heterocycles. The number of aromatic nitrogens is 3. The van der Waals surface area contributed by atoms with E-state index in [9.17, 15) is 5.11 Å². The van der Waals surface area contributed by atoms with Crippen LogP contribution in [0.1, 0.15) is 30.9 Å². The summed E-state index contributed by atoms with van der Waals surface area (Å²) in [6, 6.07) is 10.1. The summed E-state index contributed by atoms with van der Waals surface area (Å²) in [4.78, 5) is 5.72. The smallest absolute Gasteiger partial charge is 0.162 e. The van der Waals surface area contributed by atoms with E-state index >= 15 is 0 Å². The third-order valence-corrected chi connectivity index (χ3v) is 5.38. The van der Waals surface area contributed by atoms with E-state index in [1.807, 2.05) is 22.9 Å². The molecule has 0 unspecified atom stereocenters. The van der Waals surface area contributed by atoms with Crippen molar-refractivity contribution in [1.29, 1.82) is 0 Å². The Kier molecular flexibility index (Phi) is 4.74. The molecule has 5 nitrogen and oxygen atoms in total. The van der Waals surface area contributed by atoms with Crippen LogP contribution in [0.4, 0.5) is 0 Å². The fraction of sp³-hybridized carbons (Fsp3) is 0.368. The zero-order valence-corrected chi connectivity index (χ0v) is 14.9. The van der Waals surface area contributed by atoms with Crippen LogP contribution in [-0.2, 0) is 4.74 Å². The van der Waals surface area contributed by atoms with Gasteiger partial charge in [-0.05, 0) is 49.8 Å². The van der Waals surface area contributed by atoms with Crippen LogP contribution in [0.2, 0.25) is 0 Å². The van der Waals surface area contributed by atoms with Gasteiger partial charge in [-0.2, -0.15) is 5.10 Å². The molecular weight excluding hydrogens is 334 g/mol. The molecule has 2 aromatic heterocycles. The van der Waals surface area contributed by atoms with Gasteiger partial charge in [-0.25, -0.2) is 9.67 Å². The molecule has 2 heterocycles. The predicted octanol–water partition coefficient (Wildman–Crippen LogP) is 3.74. The van der Waals surface area contributed by atoms with E-state index in [4.69, 9.17) is 4.74 Å². The summed E-state index contributed by atoms with van der Waals surface area (Å²) in [7, 11) is 0. The van der Waals surface area contributed by atoms with Gasteiger partial charge in [-0.3, -0.25) is 0 Å². The van der Waals surface area contributed by atoms with Crippen molar-refractivity contribution in [2.75, 3.05) is 12.9 Å². The topological polar surface area (TPSA) is 60.2 Å². The fourth-order valence-electron chi connectivity index (χ4n) is 2.91. The summed E-state index contributed by atoms with van der Waals surface area (Å²) < 4.78 is 7.53. The minimum absolute atomic E-state index is 0.317. The molecule has 1 saturated carbocycles. The Morgan fingerprint density at radius 3 is 2.96 bits per heavy atom. The number of benzene rings is 1. The van der Waals surface area contributed by atoms with Crippen LogP contribution < -0.4 is 0 Å². The monoisotopic (exact) mass is 355 g/mol. The maximum atomic E-state index is 10.3. The molecule has 0 bridgehead atoms. The van der Waals surface area contributed by atoms with E-state index in [1.165, 1.54) is 11.3 Å². The second-order valence-electron chi connectivity index (χ2n) is 6.34. The lowest BCUT2D eigenvalue weighted by atomic mass is 9.96. The standard InChI is InChI=1S/C19H21N3O2S/c1-25-17-7-2-4-15(9-17)22-19-14(11-21-22)8-13(10-20-19)18(23)12-24-16-5-3-6-16/h2,4,7-11,16,18,23H,3,5-6,12H2,1H3/t18-/m0/s1. The SMILES string of the molecule is CSc1cccc(-n2ncc3cc([C@@H](O)COC4CCC4)cnc32)c1.